The fraction of sp³-hybridized carbons (Fsp3) is 0.412. The molecular formula is C17H22N4O2S. The molecule has 1 unspecified atom stereocenters. The quantitative estimate of drug-likeness (QED) is 0.586. The van der Waals surface area contributed by atoms with Crippen molar-refractivity contribution in [3.63, 3.8) is 0 Å². The van der Waals surface area contributed by atoms with E-state index in [1.54, 1.807) is 10.9 Å². The smallest absolute Gasteiger partial charge is 0.217 e. The van der Waals surface area contributed by atoms with E-state index in [0.29, 0.717) is 11.3 Å². The molecule has 2 rings (SSSR count). The Labute approximate surface area is 146 Å². The molecule has 0 aliphatic heterocycles. The minimum Gasteiger partial charge on any atom is -0.354 e. The summed E-state index contributed by atoms with van der Waals surface area (Å²) in [6, 6.07) is 7.81. The number of nitrogens with zero attached hydrogens (tertiary/aromatic N) is 3. The van der Waals surface area contributed by atoms with Crippen molar-refractivity contribution in [1.82, 2.24) is 20.1 Å². The third kappa shape index (κ3) is 5.49. The van der Waals surface area contributed by atoms with Crippen LogP contribution in [0.15, 0.2) is 35.7 Å². The lowest BCUT2D eigenvalue weighted by Crippen LogP contribution is -2.30. The van der Waals surface area contributed by atoms with Crippen LogP contribution in [0.3, 0.4) is 0 Å². The van der Waals surface area contributed by atoms with Crippen molar-refractivity contribution in [2.24, 2.45) is 7.05 Å². The molecule has 0 spiro atoms. The highest BCUT2D eigenvalue weighted by Gasteiger charge is 2.10. The highest BCUT2D eigenvalue weighted by Crippen LogP contribution is 2.16. The highest BCUT2D eigenvalue weighted by molar-refractivity contribution is 7.99. The number of carbonyl (C=O) groups excluding carboxylic acids is 2. The van der Waals surface area contributed by atoms with E-state index in [4.69, 9.17) is 0 Å². The van der Waals surface area contributed by atoms with Gasteiger partial charge in [-0.2, -0.15) is 0 Å². The number of hydrogen-bond acceptors (Lipinski definition) is 5. The van der Waals surface area contributed by atoms with Crippen LogP contribution in [0.2, 0.25) is 0 Å². The molecule has 0 aliphatic carbocycles. The van der Waals surface area contributed by atoms with Crippen molar-refractivity contribution in [3.8, 4) is 0 Å². The second-order valence-electron chi connectivity index (χ2n) is 5.77. The Morgan fingerprint density at radius 2 is 2.00 bits per heavy atom. The van der Waals surface area contributed by atoms with Gasteiger partial charge in [-0.3, -0.25) is 9.59 Å². The van der Waals surface area contributed by atoms with Crippen LogP contribution in [0, 0.1) is 0 Å². The van der Waals surface area contributed by atoms with Crippen molar-refractivity contribution >= 4 is 23.5 Å². The third-order valence-corrected chi connectivity index (χ3v) is 4.63. The maximum atomic E-state index is 12.2. The van der Waals surface area contributed by atoms with Crippen LogP contribution in [0.25, 0.3) is 0 Å². The van der Waals surface area contributed by atoms with E-state index in [1.165, 1.54) is 18.7 Å². The Bertz CT molecular complexity index is 697. The van der Waals surface area contributed by atoms with Gasteiger partial charge in [-0.25, -0.2) is 0 Å². The van der Waals surface area contributed by atoms with Crippen LogP contribution in [0.1, 0.15) is 36.2 Å². The van der Waals surface area contributed by atoms with Gasteiger partial charge >= 0.3 is 0 Å². The molecule has 0 fully saturated rings. The number of benzene rings is 1. The second-order valence-corrected chi connectivity index (χ2v) is 6.72. The first kappa shape index (κ1) is 18.2. The Kier molecular flexibility index (Phi) is 6.54. The summed E-state index contributed by atoms with van der Waals surface area (Å²) in [5.41, 5.74) is 1.85. The van der Waals surface area contributed by atoms with Crippen molar-refractivity contribution in [2.75, 3.05) is 5.75 Å². The SMILES string of the molecule is CC(=O)NC(C)CCc1ccc(C(=O)CSc2nncn2C)cc1. The Balaban J connectivity index is 1.83. The maximum Gasteiger partial charge on any atom is 0.217 e. The summed E-state index contributed by atoms with van der Waals surface area (Å²) in [6.07, 6.45) is 3.35. The lowest BCUT2D eigenvalue weighted by molar-refractivity contribution is -0.119. The van der Waals surface area contributed by atoms with E-state index in [0.717, 1.165) is 23.6 Å². The van der Waals surface area contributed by atoms with Crippen molar-refractivity contribution in [3.05, 3.63) is 41.7 Å². The van der Waals surface area contributed by atoms with Gasteiger partial charge < -0.3 is 9.88 Å². The molecule has 0 saturated carbocycles. The lowest BCUT2D eigenvalue weighted by atomic mass is 10.0. The summed E-state index contributed by atoms with van der Waals surface area (Å²) in [7, 11) is 1.85. The number of carbonyl (C=O) groups is 2. The average molecular weight is 346 g/mol. The monoisotopic (exact) mass is 346 g/mol. The topological polar surface area (TPSA) is 76.9 Å². The number of ketones is 1. The molecule has 7 heteroatoms. The fourth-order valence-electron chi connectivity index (χ4n) is 2.28. The maximum absolute atomic E-state index is 12.2. The molecule has 0 saturated heterocycles. The molecule has 1 atom stereocenters. The number of aryl methyl sites for hydroxylation is 2. The van der Waals surface area contributed by atoms with Gasteiger partial charge in [-0.05, 0) is 25.3 Å². The number of rotatable bonds is 8. The first-order valence-electron chi connectivity index (χ1n) is 7.81. The standard InChI is InChI=1S/C17H22N4O2S/c1-12(19-13(2)22)4-5-14-6-8-15(9-7-14)16(23)10-24-17-20-18-11-21(17)3/h6-9,11-12H,4-5,10H2,1-3H3,(H,19,22). The second kappa shape index (κ2) is 8.63. The van der Waals surface area contributed by atoms with Crippen LogP contribution in [0.4, 0.5) is 0 Å². The van der Waals surface area contributed by atoms with E-state index in [-0.39, 0.29) is 17.7 Å². The number of Topliss-reactive ketones (excluding diaryl/α,β-unsaturated/α-hetero) is 1. The molecule has 2 aromatic rings. The molecule has 1 aromatic heterocycles. The van der Waals surface area contributed by atoms with E-state index < -0.39 is 0 Å². The van der Waals surface area contributed by atoms with Crippen LogP contribution >= 0.6 is 11.8 Å². The Morgan fingerprint density at radius 3 is 2.58 bits per heavy atom. The van der Waals surface area contributed by atoms with Gasteiger partial charge in [0.05, 0.1) is 5.75 Å². The van der Waals surface area contributed by atoms with Crippen LogP contribution < -0.4 is 5.32 Å². The van der Waals surface area contributed by atoms with Gasteiger partial charge in [-0.15, -0.1) is 10.2 Å². The molecule has 1 N–H and O–H groups in total. The minimum atomic E-state index is -0.0103. The van der Waals surface area contributed by atoms with Crippen LogP contribution in [0.5, 0.6) is 0 Å². The fourth-order valence-corrected chi connectivity index (χ4v) is 3.06. The van der Waals surface area contributed by atoms with Gasteiger partial charge in [0.1, 0.15) is 6.33 Å². The lowest BCUT2D eigenvalue weighted by Gasteiger charge is -2.12. The number of aromatic nitrogens is 3. The first-order chi connectivity index (χ1) is 11.5. The van der Waals surface area contributed by atoms with Crippen LogP contribution in [-0.4, -0.2) is 38.2 Å². The average Bonchev–Trinajstić information content (AvgIpc) is 2.95. The predicted octanol–water partition coefficient (Wildman–Crippen LogP) is 2.25. The molecule has 1 amide bonds. The van der Waals surface area contributed by atoms with Crippen LogP contribution in [-0.2, 0) is 18.3 Å². The number of nitrogens with one attached hydrogen (secondary N) is 1. The zero-order valence-electron chi connectivity index (χ0n) is 14.2. The molecule has 128 valence electrons. The molecule has 6 nitrogen and oxygen atoms in total. The predicted molar refractivity (Wildman–Crippen MR) is 94.1 cm³/mol. The summed E-state index contributed by atoms with van der Waals surface area (Å²) < 4.78 is 1.79. The largest absolute Gasteiger partial charge is 0.354 e. The molecule has 0 radical (unpaired) electrons. The van der Waals surface area contributed by atoms with E-state index in [9.17, 15) is 9.59 Å². The number of thioether (sulfide) groups is 1. The molecule has 0 aliphatic rings. The van der Waals surface area contributed by atoms with Gasteiger partial charge in [0.25, 0.3) is 0 Å². The van der Waals surface area contributed by atoms with E-state index in [2.05, 4.69) is 15.5 Å². The van der Waals surface area contributed by atoms with Gasteiger partial charge in [0.2, 0.25) is 5.91 Å². The highest BCUT2D eigenvalue weighted by atomic mass is 32.2. The molecule has 1 heterocycles. The summed E-state index contributed by atoms with van der Waals surface area (Å²) in [6.45, 7) is 3.51. The summed E-state index contributed by atoms with van der Waals surface area (Å²) in [5, 5.41) is 11.3. The minimum absolute atomic E-state index is 0.0103. The zero-order valence-corrected chi connectivity index (χ0v) is 15.0. The van der Waals surface area contributed by atoms with Crippen molar-refractivity contribution < 1.29 is 9.59 Å². The van der Waals surface area contributed by atoms with Crippen molar-refractivity contribution in [1.29, 1.82) is 0 Å². The number of hydrogen-bond donors (Lipinski definition) is 1. The van der Waals surface area contributed by atoms with E-state index in [1.807, 2.05) is 38.2 Å². The summed E-state index contributed by atoms with van der Waals surface area (Å²) in [5.74, 6) is 0.399. The number of amides is 1. The third-order valence-electron chi connectivity index (χ3n) is 3.59. The van der Waals surface area contributed by atoms with Gasteiger partial charge in [-0.1, -0.05) is 36.0 Å². The Morgan fingerprint density at radius 1 is 1.29 bits per heavy atom. The molecule has 24 heavy (non-hydrogen) atoms. The first-order valence-corrected chi connectivity index (χ1v) is 8.80. The summed E-state index contributed by atoms with van der Waals surface area (Å²) >= 11 is 1.38. The summed E-state index contributed by atoms with van der Waals surface area (Å²) in [4.78, 5) is 23.2. The Hall–Kier alpha value is -2.15. The van der Waals surface area contributed by atoms with Crippen molar-refractivity contribution in [2.45, 2.75) is 37.9 Å². The molecular weight excluding hydrogens is 324 g/mol. The molecule has 0 bridgehead atoms. The zero-order chi connectivity index (χ0) is 17.5. The van der Waals surface area contributed by atoms with E-state index >= 15 is 0 Å². The molecule has 1 aromatic carbocycles. The normalized spacial score (nSPS) is 12.0. The van der Waals surface area contributed by atoms with Gasteiger partial charge in [0, 0.05) is 25.6 Å². The van der Waals surface area contributed by atoms with Gasteiger partial charge in [0.15, 0.2) is 10.9 Å².